The van der Waals surface area contributed by atoms with Crippen LogP contribution in [0.15, 0.2) is 60.8 Å². The molecule has 0 bridgehead atoms. The van der Waals surface area contributed by atoms with Crippen LogP contribution in [-0.4, -0.2) is 21.6 Å². The molecule has 0 aliphatic rings. The first-order chi connectivity index (χ1) is 11.1. The quantitative estimate of drug-likeness (QED) is 0.768. The molecule has 116 valence electrons. The summed E-state index contributed by atoms with van der Waals surface area (Å²) in [6.45, 7) is 0. The maximum absolute atomic E-state index is 12.2. The molecule has 0 aliphatic heterocycles. The molecule has 0 aliphatic carbocycles. The van der Waals surface area contributed by atoms with Gasteiger partial charge in [0.2, 0.25) is 5.91 Å². The highest BCUT2D eigenvalue weighted by atomic mass is 16.4. The third-order valence-electron chi connectivity index (χ3n) is 3.85. The second-order valence-corrected chi connectivity index (χ2v) is 5.47. The molecule has 0 radical (unpaired) electrons. The fourth-order valence-electron chi connectivity index (χ4n) is 2.68. The summed E-state index contributed by atoms with van der Waals surface area (Å²) < 4.78 is 1.60. The van der Waals surface area contributed by atoms with E-state index >= 15 is 0 Å². The number of nitrogens with zero attached hydrogens (tertiary/aromatic N) is 1. The molecule has 0 unspecified atom stereocenters. The van der Waals surface area contributed by atoms with Gasteiger partial charge in [-0.15, -0.1) is 0 Å². The van der Waals surface area contributed by atoms with Gasteiger partial charge in [0.15, 0.2) is 0 Å². The fourth-order valence-corrected chi connectivity index (χ4v) is 2.68. The first-order valence-electron chi connectivity index (χ1n) is 7.57. The molecule has 0 saturated heterocycles. The second kappa shape index (κ2) is 6.48. The van der Waals surface area contributed by atoms with Gasteiger partial charge in [0.1, 0.15) is 0 Å². The molecule has 4 nitrogen and oxygen atoms in total. The zero-order valence-corrected chi connectivity index (χ0v) is 12.6. The van der Waals surface area contributed by atoms with E-state index in [1.165, 1.54) is 0 Å². The van der Waals surface area contributed by atoms with Crippen molar-refractivity contribution in [2.24, 2.45) is 0 Å². The van der Waals surface area contributed by atoms with Crippen LogP contribution in [0.4, 0.5) is 0 Å². The number of fused-ring (bicyclic) bond motifs is 1. The van der Waals surface area contributed by atoms with Crippen molar-refractivity contribution in [2.75, 3.05) is 0 Å². The minimum absolute atomic E-state index is 0.0170. The van der Waals surface area contributed by atoms with Crippen molar-refractivity contribution in [3.8, 4) is 11.1 Å². The lowest BCUT2D eigenvalue weighted by Gasteiger charge is -2.05. The summed E-state index contributed by atoms with van der Waals surface area (Å²) in [5, 5.41) is 9.65. The third kappa shape index (κ3) is 3.31. The highest BCUT2D eigenvalue weighted by Crippen LogP contribution is 2.25. The number of hydrogen-bond acceptors (Lipinski definition) is 2. The molecule has 0 atom stereocenters. The van der Waals surface area contributed by atoms with Gasteiger partial charge < -0.3 is 5.11 Å². The third-order valence-corrected chi connectivity index (χ3v) is 3.85. The topological polar surface area (TPSA) is 59.3 Å². The van der Waals surface area contributed by atoms with E-state index in [4.69, 9.17) is 5.11 Å². The summed E-state index contributed by atoms with van der Waals surface area (Å²) in [4.78, 5) is 22.8. The number of carboxylic acid groups (broad SMARTS) is 1. The minimum atomic E-state index is -0.873. The zero-order valence-electron chi connectivity index (χ0n) is 12.6. The van der Waals surface area contributed by atoms with Gasteiger partial charge in [-0.1, -0.05) is 36.4 Å². The van der Waals surface area contributed by atoms with Gasteiger partial charge in [0, 0.05) is 24.4 Å². The Morgan fingerprint density at radius 3 is 2.43 bits per heavy atom. The predicted octanol–water partition coefficient (Wildman–Crippen LogP) is 4.20. The van der Waals surface area contributed by atoms with Crippen LogP contribution >= 0.6 is 0 Å². The molecule has 0 spiro atoms. The smallest absolute Gasteiger partial charge is 0.303 e. The van der Waals surface area contributed by atoms with Gasteiger partial charge in [0.05, 0.1) is 5.52 Å². The first kappa shape index (κ1) is 15.0. The fraction of sp³-hybridized carbons (Fsp3) is 0.158. The zero-order chi connectivity index (χ0) is 16.2. The standard InChI is InChI=1S/C19H17NO3/c21-18(7-4-8-19(22)23)20-12-11-16-13-15(9-10-17(16)20)14-5-2-1-3-6-14/h1-3,5-6,9-13H,4,7-8H2,(H,22,23). The Labute approximate surface area is 134 Å². The Kier molecular flexibility index (Phi) is 4.24. The number of aromatic nitrogens is 1. The second-order valence-electron chi connectivity index (χ2n) is 5.47. The molecule has 3 rings (SSSR count). The van der Waals surface area contributed by atoms with Gasteiger partial charge in [-0.25, -0.2) is 0 Å². The molecule has 1 aromatic heterocycles. The van der Waals surface area contributed by atoms with Crippen LogP contribution in [0.3, 0.4) is 0 Å². The maximum Gasteiger partial charge on any atom is 0.303 e. The van der Waals surface area contributed by atoms with E-state index in [9.17, 15) is 9.59 Å². The molecular formula is C19H17NO3. The first-order valence-corrected chi connectivity index (χ1v) is 7.57. The molecule has 4 heteroatoms. The number of carbonyl (C=O) groups excluding carboxylic acids is 1. The van der Waals surface area contributed by atoms with Gasteiger partial charge in [-0.2, -0.15) is 0 Å². The molecule has 1 heterocycles. The molecule has 0 fully saturated rings. The largest absolute Gasteiger partial charge is 0.481 e. The number of benzene rings is 2. The van der Waals surface area contributed by atoms with Gasteiger partial charge >= 0.3 is 5.97 Å². The van der Waals surface area contributed by atoms with E-state index < -0.39 is 5.97 Å². The van der Waals surface area contributed by atoms with Crippen molar-refractivity contribution in [2.45, 2.75) is 19.3 Å². The van der Waals surface area contributed by atoms with E-state index in [2.05, 4.69) is 18.2 Å². The SMILES string of the molecule is O=C(O)CCCC(=O)n1ccc2cc(-c3ccccc3)ccc21. The van der Waals surface area contributed by atoms with Crippen molar-refractivity contribution >= 4 is 22.8 Å². The van der Waals surface area contributed by atoms with Crippen LogP contribution in [-0.2, 0) is 4.79 Å². The van der Waals surface area contributed by atoms with Crippen LogP contribution in [0.5, 0.6) is 0 Å². The molecule has 1 N–H and O–H groups in total. The minimum Gasteiger partial charge on any atom is -0.481 e. The highest BCUT2D eigenvalue weighted by Gasteiger charge is 2.10. The summed E-state index contributed by atoms with van der Waals surface area (Å²) in [5.74, 6) is -0.948. The van der Waals surface area contributed by atoms with Crippen molar-refractivity contribution in [3.05, 3.63) is 60.8 Å². The lowest BCUT2D eigenvalue weighted by Crippen LogP contribution is -2.09. The lowest BCUT2D eigenvalue weighted by molar-refractivity contribution is -0.137. The molecule has 0 amide bonds. The van der Waals surface area contributed by atoms with Crippen LogP contribution in [0.25, 0.3) is 22.0 Å². The summed E-state index contributed by atoms with van der Waals surface area (Å²) in [6, 6.07) is 18.0. The maximum atomic E-state index is 12.2. The number of rotatable bonds is 5. The summed E-state index contributed by atoms with van der Waals surface area (Å²) in [6.07, 6.45) is 2.36. The molecular weight excluding hydrogens is 290 g/mol. The Morgan fingerprint density at radius 2 is 1.70 bits per heavy atom. The van der Waals surface area contributed by atoms with E-state index in [0.717, 1.165) is 22.0 Å². The molecule has 0 saturated carbocycles. The number of hydrogen-bond donors (Lipinski definition) is 1. The van der Waals surface area contributed by atoms with Crippen LogP contribution in [0.1, 0.15) is 24.1 Å². The normalized spacial score (nSPS) is 10.8. The molecule has 23 heavy (non-hydrogen) atoms. The average molecular weight is 307 g/mol. The number of carboxylic acids is 1. The summed E-state index contributed by atoms with van der Waals surface area (Å²) >= 11 is 0. The predicted molar refractivity (Wildman–Crippen MR) is 89.5 cm³/mol. The Bertz CT molecular complexity index is 849. The van der Waals surface area contributed by atoms with Crippen LogP contribution < -0.4 is 0 Å². The van der Waals surface area contributed by atoms with E-state index in [1.54, 1.807) is 10.8 Å². The Hall–Kier alpha value is -2.88. The van der Waals surface area contributed by atoms with Crippen molar-refractivity contribution in [3.63, 3.8) is 0 Å². The van der Waals surface area contributed by atoms with E-state index in [1.807, 2.05) is 36.4 Å². The highest BCUT2D eigenvalue weighted by molar-refractivity contribution is 5.94. The van der Waals surface area contributed by atoms with Gasteiger partial charge in [-0.05, 0) is 35.7 Å². The van der Waals surface area contributed by atoms with E-state index in [0.29, 0.717) is 6.42 Å². The summed E-state index contributed by atoms with van der Waals surface area (Å²) in [7, 11) is 0. The van der Waals surface area contributed by atoms with E-state index in [-0.39, 0.29) is 18.7 Å². The van der Waals surface area contributed by atoms with Crippen molar-refractivity contribution in [1.82, 2.24) is 4.57 Å². The Balaban J connectivity index is 1.84. The van der Waals surface area contributed by atoms with Crippen LogP contribution in [0, 0.1) is 0 Å². The monoisotopic (exact) mass is 307 g/mol. The van der Waals surface area contributed by atoms with Crippen LogP contribution in [0.2, 0.25) is 0 Å². The van der Waals surface area contributed by atoms with Crippen molar-refractivity contribution < 1.29 is 14.7 Å². The Morgan fingerprint density at radius 1 is 0.913 bits per heavy atom. The molecule has 3 aromatic rings. The summed E-state index contributed by atoms with van der Waals surface area (Å²) in [5.41, 5.74) is 3.09. The lowest BCUT2D eigenvalue weighted by atomic mass is 10.0. The number of aliphatic carboxylic acids is 1. The average Bonchev–Trinajstić information content (AvgIpc) is 2.98. The molecule has 2 aromatic carbocycles. The van der Waals surface area contributed by atoms with Gasteiger partial charge in [0.25, 0.3) is 0 Å². The number of carbonyl (C=O) groups is 2. The van der Waals surface area contributed by atoms with Crippen molar-refractivity contribution in [1.29, 1.82) is 0 Å². The van der Waals surface area contributed by atoms with Gasteiger partial charge in [-0.3, -0.25) is 14.2 Å².